The second kappa shape index (κ2) is 8.19. The van der Waals surface area contributed by atoms with Crippen LogP contribution in [0.15, 0.2) is 29.4 Å². The molecule has 1 aromatic carbocycles. The standard InChI is InChI=1S/C15H22N2O3/c1-11(2)12(3)17-15(18)10-20-16-9-13-7-5-6-8-14(13)19-4/h5-9,11-12H,10H2,1-4H3,(H,17,18)/b16-9-/t12-/m1/s1. The van der Waals surface area contributed by atoms with Crippen LogP contribution in [0.2, 0.25) is 0 Å². The van der Waals surface area contributed by atoms with Gasteiger partial charge in [0.15, 0.2) is 6.61 Å². The first-order valence-electron chi connectivity index (χ1n) is 6.62. The lowest BCUT2D eigenvalue weighted by molar-refractivity contribution is -0.126. The summed E-state index contributed by atoms with van der Waals surface area (Å²) in [6, 6.07) is 7.55. The highest BCUT2D eigenvalue weighted by Crippen LogP contribution is 2.14. The van der Waals surface area contributed by atoms with Gasteiger partial charge in [-0.15, -0.1) is 0 Å². The van der Waals surface area contributed by atoms with Crippen molar-refractivity contribution in [2.75, 3.05) is 13.7 Å². The van der Waals surface area contributed by atoms with Crippen LogP contribution >= 0.6 is 0 Å². The summed E-state index contributed by atoms with van der Waals surface area (Å²) >= 11 is 0. The van der Waals surface area contributed by atoms with Crippen molar-refractivity contribution in [2.24, 2.45) is 11.1 Å². The zero-order valence-corrected chi connectivity index (χ0v) is 12.4. The van der Waals surface area contributed by atoms with E-state index in [4.69, 9.17) is 9.57 Å². The highest BCUT2D eigenvalue weighted by molar-refractivity contribution is 5.83. The van der Waals surface area contributed by atoms with E-state index in [9.17, 15) is 4.79 Å². The number of carbonyl (C=O) groups is 1. The molecule has 5 nitrogen and oxygen atoms in total. The van der Waals surface area contributed by atoms with Crippen LogP contribution in [-0.2, 0) is 9.63 Å². The molecule has 0 aliphatic carbocycles. The summed E-state index contributed by atoms with van der Waals surface area (Å²) in [5.74, 6) is 0.914. The normalized spacial score (nSPS) is 12.4. The van der Waals surface area contributed by atoms with Gasteiger partial charge in [0.1, 0.15) is 5.75 Å². The molecule has 1 aromatic rings. The molecule has 110 valence electrons. The molecule has 1 atom stereocenters. The number of rotatable bonds is 7. The van der Waals surface area contributed by atoms with E-state index in [1.54, 1.807) is 7.11 Å². The maximum absolute atomic E-state index is 11.6. The van der Waals surface area contributed by atoms with Crippen LogP contribution in [0.4, 0.5) is 0 Å². The minimum atomic E-state index is -0.177. The van der Waals surface area contributed by atoms with Crippen molar-refractivity contribution in [3.8, 4) is 5.75 Å². The highest BCUT2D eigenvalue weighted by Gasteiger charge is 2.10. The van der Waals surface area contributed by atoms with Gasteiger partial charge in [-0.1, -0.05) is 31.1 Å². The molecule has 5 heteroatoms. The quantitative estimate of drug-likeness (QED) is 0.614. The van der Waals surface area contributed by atoms with Gasteiger partial charge < -0.3 is 14.9 Å². The minimum absolute atomic E-state index is 0.0945. The van der Waals surface area contributed by atoms with E-state index in [1.165, 1.54) is 6.21 Å². The van der Waals surface area contributed by atoms with E-state index in [1.807, 2.05) is 45.0 Å². The smallest absolute Gasteiger partial charge is 0.260 e. The Labute approximate surface area is 120 Å². The molecular formula is C15H22N2O3. The molecule has 0 radical (unpaired) electrons. The third-order valence-corrected chi connectivity index (χ3v) is 2.99. The van der Waals surface area contributed by atoms with Gasteiger partial charge in [-0.05, 0) is 25.0 Å². The van der Waals surface area contributed by atoms with Crippen LogP contribution in [0.25, 0.3) is 0 Å². The van der Waals surface area contributed by atoms with E-state index in [2.05, 4.69) is 10.5 Å². The van der Waals surface area contributed by atoms with Gasteiger partial charge in [0.25, 0.3) is 5.91 Å². The zero-order valence-electron chi connectivity index (χ0n) is 12.4. The number of carbonyl (C=O) groups excluding carboxylic acids is 1. The Bertz CT molecular complexity index is 458. The van der Waals surface area contributed by atoms with Crippen LogP contribution in [0.5, 0.6) is 5.75 Å². The van der Waals surface area contributed by atoms with Gasteiger partial charge in [0.05, 0.1) is 13.3 Å². The number of hydrogen-bond acceptors (Lipinski definition) is 4. The highest BCUT2D eigenvalue weighted by atomic mass is 16.6. The van der Waals surface area contributed by atoms with Crippen LogP contribution in [0.1, 0.15) is 26.3 Å². The lowest BCUT2D eigenvalue weighted by atomic mass is 10.1. The summed E-state index contributed by atoms with van der Waals surface area (Å²) in [6.45, 7) is 5.96. The molecule has 1 N–H and O–H groups in total. The van der Waals surface area contributed by atoms with Crippen molar-refractivity contribution >= 4 is 12.1 Å². The number of benzene rings is 1. The number of hydrogen-bond donors (Lipinski definition) is 1. The average molecular weight is 278 g/mol. The molecule has 0 saturated heterocycles. The Kier molecular flexibility index (Phi) is 6.56. The number of para-hydroxylation sites is 1. The molecule has 1 rings (SSSR count). The lowest BCUT2D eigenvalue weighted by Gasteiger charge is -2.16. The topological polar surface area (TPSA) is 59.9 Å². The SMILES string of the molecule is COc1ccccc1/C=N\OCC(=O)N[C@H](C)C(C)C. The maximum Gasteiger partial charge on any atom is 0.260 e. The van der Waals surface area contributed by atoms with Gasteiger partial charge in [-0.25, -0.2) is 0 Å². The van der Waals surface area contributed by atoms with E-state index in [-0.39, 0.29) is 18.6 Å². The van der Waals surface area contributed by atoms with Gasteiger partial charge in [-0.3, -0.25) is 4.79 Å². The number of nitrogens with zero attached hydrogens (tertiary/aromatic N) is 1. The molecule has 0 aliphatic rings. The Balaban J connectivity index is 2.40. The summed E-state index contributed by atoms with van der Waals surface area (Å²) in [5, 5.41) is 6.61. The number of oxime groups is 1. The number of methoxy groups -OCH3 is 1. The van der Waals surface area contributed by atoms with Crippen molar-refractivity contribution in [1.82, 2.24) is 5.32 Å². The average Bonchev–Trinajstić information content (AvgIpc) is 2.43. The Morgan fingerprint density at radius 2 is 2.05 bits per heavy atom. The number of amides is 1. The Morgan fingerprint density at radius 1 is 1.35 bits per heavy atom. The molecule has 0 spiro atoms. The molecule has 20 heavy (non-hydrogen) atoms. The molecular weight excluding hydrogens is 256 g/mol. The molecule has 0 heterocycles. The first-order chi connectivity index (χ1) is 9.54. The second-order valence-corrected chi connectivity index (χ2v) is 4.85. The summed E-state index contributed by atoms with van der Waals surface area (Å²) in [4.78, 5) is 16.5. The third-order valence-electron chi connectivity index (χ3n) is 2.99. The van der Waals surface area contributed by atoms with Gasteiger partial charge >= 0.3 is 0 Å². The predicted octanol–water partition coefficient (Wildman–Crippen LogP) is 2.21. The first-order valence-corrected chi connectivity index (χ1v) is 6.62. The van der Waals surface area contributed by atoms with Crippen molar-refractivity contribution in [2.45, 2.75) is 26.8 Å². The van der Waals surface area contributed by atoms with Crippen LogP contribution in [-0.4, -0.2) is 31.9 Å². The largest absolute Gasteiger partial charge is 0.496 e. The third kappa shape index (κ3) is 5.30. The van der Waals surface area contributed by atoms with Crippen LogP contribution < -0.4 is 10.1 Å². The fourth-order valence-corrected chi connectivity index (χ4v) is 1.43. The van der Waals surface area contributed by atoms with Crippen molar-refractivity contribution < 1.29 is 14.4 Å². The maximum atomic E-state index is 11.6. The lowest BCUT2D eigenvalue weighted by Crippen LogP contribution is -2.38. The van der Waals surface area contributed by atoms with Gasteiger partial charge in [0.2, 0.25) is 0 Å². The van der Waals surface area contributed by atoms with E-state index >= 15 is 0 Å². The summed E-state index contributed by atoms with van der Waals surface area (Å²) in [6.07, 6.45) is 1.53. The van der Waals surface area contributed by atoms with Gasteiger partial charge in [-0.2, -0.15) is 0 Å². The summed E-state index contributed by atoms with van der Waals surface area (Å²) in [7, 11) is 1.59. The van der Waals surface area contributed by atoms with Crippen LogP contribution in [0.3, 0.4) is 0 Å². The summed E-state index contributed by atoms with van der Waals surface area (Å²) in [5.41, 5.74) is 0.797. The molecule has 0 bridgehead atoms. The van der Waals surface area contributed by atoms with E-state index in [0.29, 0.717) is 11.7 Å². The monoisotopic (exact) mass is 278 g/mol. The predicted molar refractivity (Wildman–Crippen MR) is 79.0 cm³/mol. The van der Waals surface area contributed by atoms with E-state index in [0.717, 1.165) is 5.56 Å². The van der Waals surface area contributed by atoms with Gasteiger partial charge in [0, 0.05) is 11.6 Å². The molecule has 0 aliphatic heterocycles. The molecule has 0 aromatic heterocycles. The minimum Gasteiger partial charge on any atom is -0.496 e. The van der Waals surface area contributed by atoms with Crippen molar-refractivity contribution in [1.29, 1.82) is 0 Å². The summed E-state index contributed by atoms with van der Waals surface area (Å²) < 4.78 is 5.18. The Hall–Kier alpha value is -2.04. The fraction of sp³-hybridized carbons (Fsp3) is 0.467. The second-order valence-electron chi connectivity index (χ2n) is 4.85. The zero-order chi connectivity index (χ0) is 15.0. The van der Waals surface area contributed by atoms with Crippen molar-refractivity contribution in [3.05, 3.63) is 29.8 Å². The molecule has 0 unspecified atom stereocenters. The number of nitrogens with one attached hydrogen (secondary N) is 1. The van der Waals surface area contributed by atoms with Crippen LogP contribution in [0, 0.1) is 5.92 Å². The Morgan fingerprint density at radius 3 is 2.70 bits per heavy atom. The number of ether oxygens (including phenoxy) is 1. The fourth-order valence-electron chi connectivity index (χ4n) is 1.43. The van der Waals surface area contributed by atoms with Crippen molar-refractivity contribution in [3.63, 3.8) is 0 Å². The molecule has 0 fully saturated rings. The molecule has 0 saturated carbocycles. The first kappa shape index (κ1) is 16.0. The van der Waals surface area contributed by atoms with E-state index < -0.39 is 0 Å². The molecule has 1 amide bonds.